The van der Waals surface area contributed by atoms with Gasteiger partial charge in [-0.15, -0.1) is 0 Å². The standard InChI is InChI=1S/C13H12ClFO/c14-12-10(7-4-8-11(12)15)13(16)9-5-2-1-3-6-9/h4-5,7-8H,1-3,6H2. The van der Waals surface area contributed by atoms with Crippen LogP contribution >= 0.6 is 11.6 Å². The number of Topliss-reactive ketones (excluding diaryl/α,β-unsaturated/α-hetero) is 1. The Labute approximate surface area is 98.9 Å². The van der Waals surface area contributed by atoms with E-state index in [1.54, 1.807) is 6.07 Å². The Hall–Kier alpha value is -1.15. The average Bonchev–Trinajstić information content (AvgIpc) is 2.33. The molecular formula is C13H12ClFO. The lowest BCUT2D eigenvalue weighted by Gasteiger charge is -2.12. The van der Waals surface area contributed by atoms with Crippen molar-refractivity contribution in [1.29, 1.82) is 0 Å². The van der Waals surface area contributed by atoms with Crippen molar-refractivity contribution in [3.63, 3.8) is 0 Å². The van der Waals surface area contributed by atoms with E-state index in [1.807, 2.05) is 6.08 Å². The Morgan fingerprint density at radius 3 is 2.81 bits per heavy atom. The number of ketones is 1. The first-order chi connectivity index (χ1) is 7.70. The maximum atomic E-state index is 13.2. The van der Waals surface area contributed by atoms with Crippen LogP contribution in [0.3, 0.4) is 0 Å². The van der Waals surface area contributed by atoms with Gasteiger partial charge in [0.1, 0.15) is 5.82 Å². The van der Waals surface area contributed by atoms with Gasteiger partial charge in [-0.3, -0.25) is 4.79 Å². The van der Waals surface area contributed by atoms with Gasteiger partial charge in [-0.2, -0.15) is 0 Å². The summed E-state index contributed by atoms with van der Waals surface area (Å²) in [6.45, 7) is 0. The summed E-state index contributed by atoms with van der Waals surface area (Å²) in [6.07, 6.45) is 5.77. The topological polar surface area (TPSA) is 17.1 Å². The van der Waals surface area contributed by atoms with E-state index < -0.39 is 5.82 Å². The highest BCUT2D eigenvalue weighted by molar-refractivity contribution is 6.35. The average molecular weight is 239 g/mol. The summed E-state index contributed by atoms with van der Waals surface area (Å²) in [4.78, 5) is 12.1. The van der Waals surface area contributed by atoms with Gasteiger partial charge in [0.2, 0.25) is 0 Å². The summed E-state index contributed by atoms with van der Waals surface area (Å²) in [5, 5.41) is -0.0704. The van der Waals surface area contributed by atoms with Crippen LogP contribution in [-0.2, 0) is 0 Å². The minimum Gasteiger partial charge on any atom is -0.289 e. The molecule has 0 saturated carbocycles. The monoisotopic (exact) mass is 238 g/mol. The fourth-order valence-corrected chi connectivity index (χ4v) is 2.11. The Balaban J connectivity index is 2.33. The van der Waals surface area contributed by atoms with E-state index >= 15 is 0 Å². The number of carbonyl (C=O) groups excluding carboxylic acids is 1. The summed E-state index contributed by atoms with van der Waals surface area (Å²) in [6, 6.07) is 4.34. The normalized spacial score (nSPS) is 15.8. The molecule has 0 unspecified atom stereocenters. The molecule has 0 aromatic heterocycles. The molecule has 0 radical (unpaired) electrons. The minimum absolute atomic E-state index is 0.0704. The van der Waals surface area contributed by atoms with Gasteiger partial charge in [0.25, 0.3) is 0 Å². The van der Waals surface area contributed by atoms with E-state index in [-0.39, 0.29) is 16.4 Å². The second-order valence-electron chi connectivity index (χ2n) is 3.91. The highest BCUT2D eigenvalue weighted by Crippen LogP contribution is 2.26. The predicted molar refractivity (Wildman–Crippen MR) is 62.3 cm³/mol. The van der Waals surface area contributed by atoms with Gasteiger partial charge in [0.15, 0.2) is 5.78 Å². The number of allylic oxidation sites excluding steroid dienone is 2. The van der Waals surface area contributed by atoms with Gasteiger partial charge in [-0.05, 0) is 43.4 Å². The van der Waals surface area contributed by atoms with Crippen molar-refractivity contribution >= 4 is 17.4 Å². The maximum absolute atomic E-state index is 13.2. The molecule has 1 aliphatic rings. The zero-order valence-corrected chi connectivity index (χ0v) is 9.56. The molecule has 0 saturated heterocycles. The third-order valence-electron chi connectivity index (χ3n) is 2.78. The Bertz CT molecular complexity index is 451. The molecular weight excluding hydrogens is 227 g/mol. The fourth-order valence-electron chi connectivity index (χ4n) is 1.90. The molecule has 0 heterocycles. The molecule has 0 N–H and O–H groups in total. The first-order valence-corrected chi connectivity index (χ1v) is 5.75. The minimum atomic E-state index is -0.538. The van der Waals surface area contributed by atoms with Gasteiger partial charge in [-0.1, -0.05) is 23.7 Å². The molecule has 1 aromatic carbocycles. The summed E-state index contributed by atoms with van der Waals surface area (Å²) in [7, 11) is 0. The van der Waals surface area contributed by atoms with Crippen LogP contribution in [0, 0.1) is 5.82 Å². The zero-order chi connectivity index (χ0) is 11.5. The molecule has 0 bridgehead atoms. The summed E-state index contributed by atoms with van der Waals surface area (Å²) >= 11 is 5.78. The molecule has 16 heavy (non-hydrogen) atoms. The Kier molecular flexibility index (Phi) is 3.39. The molecule has 1 aliphatic carbocycles. The number of rotatable bonds is 2. The van der Waals surface area contributed by atoms with E-state index in [9.17, 15) is 9.18 Å². The third kappa shape index (κ3) is 2.17. The SMILES string of the molecule is O=C(C1=CCCCC1)c1cccc(F)c1Cl. The van der Waals surface area contributed by atoms with Crippen LogP contribution in [0.2, 0.25) is 5.02 Å². The van der Waals surface area contributed by atoms with Crippen LogP contribution in [0.4, 0.5) is 4.39 Å². The molecule has 84 valence electrons. The van der Waals surface area contributed by atoms with Crippen molar-refractivity contribution in [3.05, 3.63) is 46.3 Å². The molecule has 0 spiro atoms. The molecule has 0 fully saturated rings. The molecule has 1 aromatic rings. The van der Waals surface area contributed by atoms with E-state index in [0.29, 0.717) is 0 Å². The first kappa shape index (κ1) is 11.3. The molecule has 3 heteroatoms. The largest absolute Gasteiger partial charge is 0.289 e. The quantitative estimate of drug-likeness (QED) is 0.707. The predicted octanol–water partition coefficient (Wildman–Crippen LogP) is 4.16. The van der Waals surface area contributed by atoms with Crippen molar-refractivity contribution in [2.75, 3.05) is 0 Å². The molecule has 0 aliphatic heterocycles. The van der Waals surface area contributed by atoms with Crippen LogP contribution in [0.15, 0.2) is 29.8 Å². The van der Waals surface area contributed by atoms with Crippen LogP contribution < -0.4 is 0 Å². The smallest absolute Gasteiger partial charge is 0.190 e. The van der Waals surface area contributed by atoms with Gasteiger partial charge in [0, 0.05) is 5.56 Å². The lowest BCUT2D eigenvalue weighted by atomic mass is 9.93. The lowest BCUT2D eigenvalue weighted by molar-refractivity contribution is 0.102. The number of hydrogen-bond acceptors (Lipinski definition) is 1. The maximum Gasteiger partial charge on any atom is 0.190 e. The van der Waals surface area contributed by atoms with Gasteiger partial charge in [0.05, 0.1) is 5.02 Å². The van der Waals surface area contributed by atoms with Crippen molar-refractivity contribution in [3.8, 4) is 0 Å². The Morgan fingerprint density at radius 1 is 1.31 bits per heavy atom. The third-order valence-corrected chi connectivity index (χ3v) is 3.16. The molecule has 0 atom stereocenters. The van der Waals surface area contributed by atoms with Gasteiger partial charge >= 0.3 is 0 Å². The first-order valence-electron chi connectivity index (χ1n) is 5.38. The Morgan fingerprint density at radius 2 is 2.12 bits per heavy atom. The van der Waals surface area contributed by atoms with E-state index in [2.05, 4.69) is 0 Å². The fraction of sp³-hybridized carbons (Fsp3) is 0.308. The van der Waals surface area contributed by atoms with Gasteiger partial charge in [-0.25, -0.2) is 4.39 Å². The number of benzene rings is 1. The summed E-state index contributed by atoms with van der Waals surface area (Å²) in [5.74, 6) is -0.673. The van der Waals surface area contributed by atoms with E-state index in [1.165, 1.54) is 12.1 Å². The molecule has 0 amide bonds. The zero-order valence-electron chi connectivity index (χ0n) is 8.80. The van der Waals surface area contributed by atoms with E-state index in [4.69, 9.17) is 11.6 Å². The summed E-state index contributed by atoms with van der Waals surface area (Å²) < 4.78 is 13.2. The second-order valence-corrected chi connectivity index (χ2v) is 4.28. The highest BCUT2D eigenvalue weighted by atomic mass is 35.5. The van der Waals surface area contributed by atoms with E-state index in [0.717, 1.165) is 31.3 Å². The molecule has 1 nitrogen and oxygen atoms in total. The van der Waals surface area contributed by atoms with Crippen LogP contribution in [0.1, 0.15) is 36.0 Å². The van der Waals surface area contributed by atoms with Crippen LogP contribution in [-0.4, -0.2) is 5.78 Å². The summed E-state index contributed by atoms with van der Waals surface area (Å²) in [5.41, 5.74) is 1.04. The van der Waals surface area contributed by atoms with Crippen LogP contribution in [0.25, 0.3) is 0 Å². The van der Waals surface area contributed by atoms with Crippen molar-refractivity contribution in [2.24, 2.45) is 0 Å². The number of carbonyl (C=O) groups is 1. The second kappa shape index (κ2) is 4.79. The van der Waals surface area contributed by atoms with Crippen molar-refractivity contribution < 1.29 is 9.18 Å². The molecule has 2 rings (SSSR count). The number of hydrogen-bond donors (Lipinski definition) is 0. The number of halogens is 2. The van der Waals surface area contributed by atoms with Gasteiger partial charge < -0.3 is 0 Å². The van der Waals surface area contributed by atoms with Crippen molar-refractivity contribution in [2.45, 2.75) is 25.7 Å². The van der Waals surface area contributed by atoms with Crippen LogP contribution in [0.5, 0.6) is 0 Å². The highest BCUT2D eigenvalue weighted by Gasteiger charge is 2.18. The lowest BCUT2D eigenvalue weighted by Crippen LogP contribution is -2.07. The van der Waals surface area contributed by atoms with Crippen molar-refractivity contribution in [1.82, 2.24) is 0 Å².